The van der Waals surface area contributed by atoms with Crippen molar-refractivity contribution in [3.63, 3.8) is 0 Å². The molecule has 1 saturated heterocycles. The van der Waals surface area contributed by atoms with Crippen LogP contribution in [0.25, 0.3) is 17.4 Å². The molecule has 0 bridgehead atoms. The predicted molar refractivity (Wildman–Crippen MR) is 114 cm³/mol. The van der Waals surface area contributed by atoms with Crippen molar-refractivity contribution in [3.05, 3.63) is 87.2 Å². The van der Waals surface area contributed by atoms with E-state index in [4.69, 9.17) is 21.1 Å². The molecule has 3 aromatic rings. The summed E-state index contributed by atoms with van der Waals surface area (Å²) in [5, 5.41) is 8.63. The minimum absolute atomic E-state index is 0.0271. The van der Waals surface area contributed by atoms with Gasteiger partial charge in [0.1, 0.15) is 17.3 Å². The van der Waals surface area contributed by atoms with E-state index in [0.29, 0.717) is 17.1 Å². The Labute approximate surface area is 184 Å². The SMILES string of the molecule is O=C(O)c1ccc(-c2ccc(C=C3SC(=O)N(Cc4ccccc4F)C3=O)o2)cc1Cl. The highest BCUT2D eigenvalue weighted by atomic mass is 35.5. The van der Waals surface area contributed by atoms with Crippen LogP contribution in [-0.2, 0) is 11.3 Å². The molecule has 9 heteroatoms. The van der Waals surface area contributed by atoms with E-state index in [2.05, 4.69) is 0 Å². The summed E-state index contributed by atoms with van der Waals surface area (Å²) >= 11 is 6.74. The molecule has 1 N–H and O–H groups in total. The molecule has 1 aliphatic heterocycles. The van der Waals surface area contributed by atoms with Crippen LogP contribution in [0.1, 0.15) is 21.7 Å². The Morgan fingerprint density at radius 3 is 2.65 bits per heavy atom. The first-order chi connectivity index (χ1) is 14.8. The topological polar surface area (TPSA) is 87.8 Å². The average Bonchev–Trinajstić information content (AvgIpc) is 3.29. The summed E-state index contributed by atoms with van der Waals surface area (Å²) in [6.07, 6.45) is 1.43. The highest BCUT2D eigenvalue weighted by Crippen LogP contribution is 2.35. The number of carboxylic acids is 1. The first-order valence-electron chi connectivity index (χ1n) is 8.95. The number of amides is 2. The van der Waals surface area contributed by atoms with Gasteiger partial charge in [-0.15, -0.1) is 0 Å². The summed E-state index contributed by atoms with van der Waals surface area (Å²) in [5.74, 6) is -1.43. The van der Waals surface area contributed by atoms with Crippen molar-refractivity contribution in [1.82, 2.24) is 4.90 Å². The fourth-order valence-corrected chi connectivity index (χ4v) is 4.07. The fraction of sp³-hybridized carbons (Fsp3) is 0.0455. The maximum atomic E-state index is 13.9. The van der Waals surface area contributed by atoms with Crippen LogP contribution in [0.2, 0.25) is 5.02 Å². The molecular formula is C22H13ClFNO5S. The predicted octanol–water partition coefficient (Wildman–Crippen LogP) is 5.67. The van der Waals surface area contributed by atoms with Gasteiger partial charge in [0.15, 0.2) is 0 Å². The summed E-state index contributed by atoms with van der Waals surface area (Å²) in [6, 6.07) is 13.6. The lowest BCUT2D eigenvalue weighted by molar-refractivity contribution is -0.123. The van der Waals surface area contributed by atoms with E-state index in [1.165, 1.54) is 36.4 Å². The fourth-order valence-electron chi connectivity index (χ4n) is 2.99. The first-order valence-corrected chi connectivity index (χ1v) is 10.1. The second kappa shape index (κ2) is 8.41. The van der Waals surface area contributed by atoms with Gasteiger partial charge in [0, 0.05) is 17.2 Å². The largest absolute Gasteiger partial charge is 0.478 e. The molecule has 2 amide bonds. The third-order valence-electron chi connectivity index (χ3n) is 4.54. The number of rotatable bonds is 5. The van der Waals surface area contributed by atoms with Crippen molar-refractivity contribution in [2.75, 3.05) is 0 Å². The van der Waals surface area contributed by atoms with E-state index in [1.807, 2.05) is 0 Å². The second-order valence-corrected chi connectivity index (χ2v) is 7.96. The van der Waals surface area contributed by atoms with Crippen LogP contribution in [0, 0.1) is 5.82 Å². The number of imide groups is 1. The quantitative estimate of drug-likeness (QED) is 0.496. The Balaban J connectivity index is 1.55. The number of halogens is 2. The van der Waals surface area contributed by atoms with Crippen molar-refractivity contribution in [2.45, 2.75) is 6.54 Å². The van der Waals surface area contributed by atoms with Gasteiger partial charge in [0.2, 0.25) is 0 Å². The molecule has 1 aliphatic rings. The van der Waals surface area contributed by atoms with Crippen LogP contribution in [-0.4, -0.2) is 27.1 Å². The van der Waals surface area contributed by atoms with E-state index >= 15 is 0 Å². The minimum Gasteiger partial charge on any atom is -0.478 e. The molecule has 31 heavy (non-hydrogen) atoms. The minimum atomic E-state index is -1.14. The molecule has 0 aliphatic carbocycles. The molecule has 1 aromatic heterocycles. The number of hydrogen-bond acceptors (Lipinski definition) is 5. The second-order valence-electron chi connectivity index (χ2n) is 6.56. The molecule has 0 spiro atoms. The lowest BCUT2D eigenvalue weighted by atomic mass is 10.1. The Hall–Kier alpha value is -3.36. The monoisotopic (exact) mass is 457 g/mol. The standard InChI is InChI=1S/C22H13ClFNO5S/c23-16-9-12(5-7-15(16)21(27)28)18-8-6-14(30-18)10-19-20(26)25(22(29)31-19)11-13-3-1-2-4-17(13)24/h1-10H,11H2,(H,27,28). The molecule has 4 rings (SSSR count). The summed E-state index contributed by atoms with van der Waals surface area (Å²) in [6.45, 7) is -0.160. The lowest BCUT2D eigenvalue weighted by Crippen LogP contribution is -2.27. The van der Waals surface area contributed by atoms with Crippen LogP contribution in [0.4, 0.5) is 9.18 Å². The molecule has 156 valence electrons. The maximum absolute atomic E-state index is 13.9. The highest BCUT2D eigenvalue weighted by molar-refractivity contribution is 8.18. The van der Waals surface area contributed by atoms with Crippen molar-refractivity contribution in [3.8, 4) is 11.3 Å². The summed E-state index contributed by atoms with van der Waals surface area (Å²) in [5.41, 5.74) is 0.774. The molecular weight excluding hydrogens is 445 g/mol. The van der Waals surface area contributed by atoms with E-state index in [1.54, 1.807) is 24.3 Å². The van der Waals surface area contributed by atoms with Crippen molar-refractivity contribution < 1.29 is 28.3 Å². The maximum Gasteiger partial charge on any atom is 0.337 e. The molecule has 2 heterocycles. The van der Waals surface area contributed by atoms with Crippen LogP contribution in [0.5, 0.6) is 0 Å². The van der Waals surface area contributed by atoms with Crippen LogP contribution >= 0.6 is 23.4 Å². The zero-order valence-corrected chi connectivity index (χ0v) is 17.2. The molecule has 6 nitrogen and oxygen atoms in total. The third-order valence-corrected chi connectivity index (χ3v) is 5.76. The van der Waals surface area contributed by atoms with Crippen LogP contribution in [0.15, 0.2) is 63.9 Å². The van der Waals surface area contributed by atoms with Gasteiger partial charge in [0.05, 0.1) is 22.0 Å². The van der Waals surface area contributed by atoms with Gasteiger partial charge >= 0.3 is 5.97 Å². The molecule has 0 saturated carbocycles. The number of hydrogen-bond donors (Lipinski definition) is 1. The highest BCUT2D eigenvalue weighted by Gasteiger charge is 2.35. The van der Waals surface area contributed by atoms with Gasteiger partial charge in [-0.25, -0.2) is 9.18 Å². The van der Waals surface area contributed by atoms with E-state index < -0.39 is 22.9 Å². The van der Waals surface area contributed by atoms with Gasteiger partial charge in [-0.05, 0) is 42.1 Å². The summed E-state index contributed by atoms with van der Waals surface area (Å²) in [7, 11) is 0. The normalized spacial score (nSPS) is 15.2. The van der Waals surface area contributed by atoms with E-state index in [-0.39, 0.29) is 27.6 Å². The lowest BCUT2D eigenvalue weighted by Gasteiger charge is -2.12. The van der Waals surface area contributed by atoms with Crippen molar-refractivity contribution in [2.24, 2.45) is 0 Å². The Bertz CT molecular complexity index is 1250. The molecule has 0 unspecified atom stereocenters. The molecule has 0 radical (unpaired) electrons. The van der Waals surface area contributed by atoms with Crippen LogP contribution in [0.3, 0.4) is 0 Å². The molecule has 0 atom stereocenters. The zero-order chi connectivity index (χ0) is 22.1. The van der Waals surface area contributed by atoms with E-state index in [9.17, 15) is 18.8 Å². The van der Waals surface area contributed by atoms with Gasteiger partial charge in [-0.3, -0.25) is 14.5 Å². The summed E-state index contributed by atoms with van der Waals surface area (Å²) in [4.78, 5) is 37.1. The van der Waals surface area contributed by atoms with Crippen LogP contribution < -0.4 is 0 Å². The van der Waals surface area contributed by atoms with E-state index in [0.717, 1.165) is 16.7 Å². The summed E-state index contributed by atoms with van der Waals surface area (Å²) < 4.78 is 19.6. The molecule has 2 aromatic carbocycles. The van der Waals surface area contributed by atoms with Crippen molar-refractivity contribution in [1.29, 1.82) is 0 Å². The number of furan rings is 1. The first kappa shape index (κ1) is 20.9. The van der Waals surface area contributed by atoms with Gasteiger partial charge in [0.25, 0.3) is 11.1 Å². The van der Waals surface area contributed by atoms with Gasteiger partial charge < -0.3 is 9.52 Å². The number of aromatic carboxylic acids is 1. The van der Waals surface area contributed by atoms with Crippen molar-refractivity contribution >= 4 is 46.6 Å². The number of carbonyl (C=O) groups excluding carboxylic acids is 2. The number of thioether (sulfide) groups is 1. The Kier molecular flexibility index (Phi) is 5.67. The van der Waals surface area contributed by atoms with Gasteiger partial charge in [-0.2, -0.15) is 0 Å². The third kappa shape index (κ3) is 4.26. The number of carbonyl (C=O) groups is 3. The number of carboxylic acid groups (broad SMARTS) is 1. The average molecular weight is 458 g/mol. The molecule has 1 fully saturated rings. The Morgan fingerprint density at radius 1 is 1.16 bits per heavy atom. The number of nitrogens with zero attached hydrogens (tertiary/aromatic N) is 1. The van der Waals surface area contributed by atoms with Gasteiger partial charge in [-0.1, -0.05) is 35.9 Å². The Morgan fingerprint density at radius 2 is 1.94 bits per heavy atom. The zero-order valence-electron chi connectivity index (χ0n) is 15.7. The smallest absolute Gasteiger partial charge is 0.337 e. The number of benzene rings is 2.